The molecule has 2 atom stereocenters. The molecule has 2 aliphatic heterocycles. The molecular formula is C15H30N2. The Morgan fingerprint density at radius 1 is 1.00 bits per heavy atom. The van der Waals surface area contributed by atoms with Crippen molar-refractivity contribution in [1.82, 2.24) is 9.80 Å². The minimum atomic E-state index is 0.344. The lowest BCUT2D eigenvalue weighted by Gasteiger charge is -2.37. The van der Waals surface area contributed by atoms with E-state index in [2.05, 4.69) is 51.3 Å². The van der Waals surface area contributed by atoms with E-state index in [1.807, 2.05) is 0 Å². The maximum absolute atomic E-state index is 2.74. The molecule has 0 bridgehead atoms. The topological polar surface area (TPSA) is 6.48 Å². The third-order valence-electron chi connectivity index (χ3n) is 4.18. The van der Waals surface area contributed by atoms with Gasteiger partial charge in [-0.25, -0.2) is 0 Å². The van der Waals surface area contributed by atoms with E-state index in [9.17, 15) is 0 Å². The van der Waals surface area contributed by atoms with Gasteiger partial charge in [-0.1, -0.05) is 20.8 Å². The molecule has 2 fully saturated rings. The molecule has 0 saturated carbocycles. The van der Waals surface area contributed by atoms with Crippen molar-refractivity contribution in [3.8, 4) is 0 Å². The second-order valence-electron chi connectivity index (χ2n) is 8.24. The van der Waals surface area contributed by atoms with E-state index < -0.39 is 0 Å². The zero-order valence-corrected chi connectivity index (χ0v) is 12.6. The zero-order valence-electron chi connectivity index (χ0n) is 12.6. The molecule has 2 heterocycles. The van der Waals surface area contributed by atoms with E-state index in [0.717, 1.165) is 12.0 Å². The molecule has 0 radical (unpaired) electrons. The Morgan fingerprint density at radius 3 is 2.18 bits per heavy atom. The lowest BCUT2D eigenvalue weighted by atomic mass is 9.96. The van der Waals surface area contributed by atoms with Crippen LogP contribution in [0.4, 0.5) is 0 Å². The number of hydrogen-bond donors (Lipinski definition) is 0. The van der Waals surface area contributed by atoms with Crippen LogP contribution in [0.5, 0.6) is 0 Å². The van der Waals surface area contributed by atoms with Crippen LogP contribution in [0, 0.1) is 11.3 Å². The average Bonchev–Trinajstić information content (AvgIpc) is 2.55. The van der Waals surface area contributed by atoms with Crippen LogP contribution in [0.2, 0.25) is 0 Å². The van der Waals surface area contributed by atoms with E-state index in [-0.39, 0.29) is 0 Å². The molecule has 0 spiro atoms. The summed E-state index contributed by atoms with van der Waals surface area (Å²) in [6, 6.07) is 0.817. The number of fused-ring (bicyclic) bond motifs is 1. The fraction of sp³-hybridized carbons (Fsp3) is 1.00. The SMILES string of the molecule is CC(C)(C)CN1CC2CCN(C(C)(C)C)C2C1. The Balaban J connectivity index is 1.98. The van der Waals surface area contributed by atoms with Crippen molar-refractivity contribution in [1.29, 1.82) is 0 Å². The Morgan fingerprint density at radius 2 is 1.65 bits per heavy atom. The van der Waals surface area contributed by atoms with E-state index >= 15 is 0 Å². The normalized spacial score (nSPS) is 32.1. The second-order valence-corrected chi connectivity index (χ2v) is 8.24. The van der Waals surface area contributed by atoms with E-state index in [1.165, 1.54) is 32.6 Å². The van der Waals surface area contributed by atoms with Crippen LogP contribution in [-0.4, -0.2) is 47.6 Å². The average molecular weight is 238 g/mol. The molecule has 17 heavy (non-hydrogen) atoms. The number of likely N-dealkylation sites (tertiary alicyclic amines) is 2. The number of hydrogen-bond acceptors (Lipinski definition) is 2. The summed E-state index contributed by atoms with van der Waals surface area (Å²) in [6.07, 6.45) is 1.41. The molecule has 100 valence electrons. The van der Waals surface area contributed by atoms with Crippen molar-refractivity contribution in [3.63, 3.8) is 0 Å². The Bertz CT molecular complexity index is 272. The van der Waals surface area contributed by atoms with Gasteiger partial charge in [0.25, 0.3) is 0 Å². The summed E-state index contributed by atoms with van der Waals surface area (Å²) in [5.41, 5.74) is 0.780. The molecule has 2 nitrogen and oxygen atoms in total. The van der Waals surface area contributed by atoms with Gasteiger partial charge in [0.05, 0.1) is 0 Å². The first kappa shape index (κ1) is 13.4. The first-order valence-corrected chi connectivity index (χ1v) is 7.16. The Labute approximate surface area is 107 Å². The summed E-state index contributed by atoms with van der Waals surface area (Å²) in [5, 5.41) is 0. The zero-order chi connectivity index (χ0) is 12.8. The van der Waals surface area contributed by atoms with Crippen molar-refractivity contribution < 1.29 is 0 Å². The van der Waals surface area contributed by atoms with Crippen LogP contribution >= 0.6 is 0 Å². The van der Waals surface area contributed by atoms with E-state index in [0.29, 0.717) is 11.0 Å². The van der Waals surface area contributed by atoms with Crippen LogP contribution in [0.3, 0.4) is 0 Å². The van der Waals surface area contributed by atoms with Crippen molar-refractivity contribution in [3.05, 3.63) is 0 Å². The van der Waals surface area contributed by atoms with Gasteiger partial charge in [-0.15, -0.1) is 0 Å². The van der Waals surface area contributed by atoms with Gasteiger partial charge in [-0.3, -0.25) is 4.90 Å². The summed E-state index contributed by atoms with van der Waals surface area (Å²) in [6.45, 7) is 19.3. The molecule has 2 saturated heterocycles. The molecule has 0 amide bonds. The summed E-state index contributed by atoms with van der Waals surface area (Å²) in [7, 11) is 0. The van der Waals surface area contributed by atoms with Gasteiger partial charge in [-0.05, 0) is 45.1 Å². The van der Waals surface area contributed by atoms with Gasteiger partial charge in [-0.2, -0.15) is 0 Å². The molecule has 2 heteroatoms. The predicted molar refractivity (Wildman–Crippen MR) is 74.2 cm³/mol. The number of rotatable bonds is 1. The van der Waals surface area contributed by atoms with Gasteiger partial charge < -0.3 is 4.90 Å². The quantitative estimate of drug-likeness (QED) is 0.693. The predicted octanol–water partition coefficient (Wildman–Crippen LogP) is 2.84. The highest BCUT2D eigenvalue weighted by molar-refractivity contribution is 5.00. The van der Waals surface area contributed by atoms with E-state index in [4.69, 9.17) is 0 Å². The molecule has 2 aliphatic rings. The molecule has 0 aromatic heterocycles. The van der Waals surface area contributed by atoms with Crippen LogP contribution in [0.25, 0.3) is 0 Å². The standard InChI is InChI=1S/C15H30N2/c1-14(2,3)11-16-9-12-7-8-17(13(12)10-16)15(4,5)6/h12-13H,7-11H2,1-6H3. The molecule has 2 rings (SSSR count). The van der Waals surface area contributed by atoms with Crippen LogP contribution in [0.1, 0.15) is 48.0 Å². The van der Waals surface area contributed by atoms with Gasteiger partial charge in [0.1, 0.15) is 0 Å². The highest BCUT2D eigenvalue weighted by atomic mass is 15.3. The van der Waals surface area contributed by atoms with Crippen LogP contribution in [0.15, 0.2) is 0 Å². The molecule has 0 aliphatic carbocycles. The van der Waals surface area contributed by atoms with Crippen molar-refractivity contribution in [2.75, 3.05) is 26.2 Å². The monoisotopic (exact) mass is 238 g/mol. The molecule has 2 unspecified atom stereocenters. The Kier molecular flexibility index (Phi) is 3.33. The third-order valence-corrected chi connectivity index (χ3v) is 4.18. The minimum absolute atomic E-state index is 0.344. The third kappa shape index (κ3) is 3.03. The first-order valence-electron chi connectivity index (χ1n) is 7.16. The summed E-state index contributed by atoms with van der Waals surface area (Å²) >= 11 is 0. The smallest absolute Gasteiger partial charge is 0.0269 e. The molecule has 0 aromatic rings. The summed E-state index contributed by atoms with van der Waals surface area (Å²) < 4.78 is 0. The number of nitrogens with zero attached hydrogens (tertiary/aromatic N) is 2. The maximum atomic E-state index is 2.74. The molecule has 0 aromatic carbocycles. The lowest BCUT2D eigenvalue weighted by Crippen LogP contribution is -2.47. The van der Waals surface area contributed by atoms with Gasteiger partial charge in [0.15, 0.2) is 0 Å². The van der Waals surface area contributed by atoms with Crippen LogP contribution < -0.4 is 0 Å². The largest absolute Gasteiger partial charge is 0.301 e. The maximum Gasteiger partial charge on any atom is 0.0269 e. The lowest BCUT2D eigenvalue weighted by molar-refractivity contribution is 0.107. The summed E-state index contributed by atoms with van der Waals surface area (Å²) in [5.74, 6) is 0.927. The van der Waals surface area contributed by atoms with Gasteiger partial charge >= 0.3 is 0 Å². The van der Waals surface area contributed by atoms with Gasteiger partial charge in [0, 0.05) is 31.2 Å². The molecular weight excluding hydrogens is 208 g/mol. The van der Waals surface area contributed by atoms with Crippen molar-refractivity contribution in [2.45, 2.75) is 59.5 Å². The van der Waals surface area contributed by atoms with Crippen LogP contribution in [-0.2, 0) is 0 Å². The fourth-order valence-corrected chi connectivity index (χ4v) is 3.68. The molecule has 0 N–H and O–H groups in total. The Hall–Kier alpha value is -0.0800. The van der Waals surface area contributed by atoms with Gasteiger partial charge in [0.2, 0.25) is 0 Å². The van der Waals surface area contributed by atoms with E-state index in [1.54, 1.807) is 0 Å². The van der Waals surface area contributed by atoms with Crippen molar-refractivity contribution in [2.24, 2.45) is 11.3 Å². The first-order chi connectivity index (χ1) is 7.67. The highest BCUT2D eigenvalue weighted by Crippen LogP contribution is 2.36. The van der Waals surface area contributed by atoms with Crippen molar-refractivity contribution >= 4 is 0 Å². The highest BCUT2D eigenvalue weighted by Gasteiger charge is 2.45. The summed E-state index contributed by atoms with van der Waals surface area (Å²) in [4.78, 5) is 5.42. The fourth-order valence-electron chi connectivity index (χ4n) is 3.68. The second kappa shape index (κ2) is 4.24. The minimum Gasteiger partial charge on any atom is -0.301 e.